The fourth-order valence-electron chi connectivity index (χ4n) is 3.10. The molecular weight excluding hydrogens is 156 g/mol. The molecule has 3 heteroatoms. The van der Waals surface area contributed by atoms with E-state index in [9.17, 15) is 4.79 Å². The second-order valence-electron chi connectivity index (χ2n) is 4.29. The summed E-state index contributed by atoms with van der Waals surface area (Å²) in [6, 6.07) is 0. The van der Waals surface area contributed by atoms with E-state index in [2.05, 4.69) is 0 Å². The fourth-order valence-corrected chi connectivity index (χ4v) is 3.10. The van der Waals surface area contributed by atoms with Gasteiger partial charge in [0.1, 0.15) is 6.61 Å². The van der Waals surface area contributed by atoms with Gasteiger partial charge in [-0.3, -0.25) is 0 Å². The molecule has 0 radical (unpaired) electrons. The maximum atomic E-state index is 10.8. The van der Waals surface area contributed by atoms with E-state index in [0.29, 0.717) is 12.5 Å². The summed E-state index contributed by atoms with van der Waals surface area (Å²) in [5.41, 5.74) is -0.194. The van der Waals surface area contributed by atoms with Crippen molar-refractivity contribution in [2.75, 3.05) is 6.61 Å². The minimum Gasteiger partial charge on any atom is -0.430 e. The van der Waals surface area contributed by atoms with Crippen molar-refractivity contribution < 1.29 is 14.3 Å². The third-order valence-electron chi connectivity index (χ3n) is 3.64. The van der Waals surface area contributed by atoms with Crippen molar-refractivity contribution in [2.45, 2.75) is 31.3 Å². The Bertz CT molecular complexity index is 238. The summed E-state index contributed by atoms with van der Waals surface area (Å²) < 4.78 is 10.2. The van der Waals surface area contributed by atoms with Crippen molar-refractivity contribution in [3.05, 3.63) is 0 Å². The molecule has 2 aliphatic carbocycles. The quantitative estimate of drug-likeness (QED) is 0.516. The van der Waals surface area contributed by atoms with Gasteiger partial charge < -0.3 is 9.47 Å². The smallest absolute Gasteiger partial charge is 0.430 e. The van der Waals surface area contributed by atoms with Gasteiger partial charge in [0, 0.05) is 5.92 Å². The molecule has 3 atom stereocenters. The highest BCUT2D eigenvalue weighted by atomic mass is 16.8. The molecule has 0 N–H and O–H groups in total. The normalized spacial score (nSPS) is 49.8. The molecule has 1 aliphatic heterocycles. The van der Waals surface area contributed by atoms with Gasteiger partial charge in [-0.2, -0.15) is 0 Å². The van der Waals surface area contributed by atoms with Crippen molar-refractivity contribution in [3.63, 3.8) is 0 Å². The van der Waals surface area contributed by atoms with E-state index in [-0.39, 0.29) is 5.60 Å². The molecule has 12 heavy (non-hydrogen) atoms. The number of hydrogen-bond donors (Lipinski definition) is 0. The van der Waals surface area contributed by atoms with Crippen molar-refractivity contribution in [3.8, 4) is 0 Å². The number of carbonyl (C=O) groups excluding carboxylic acids is 1. The molecule has 0 aromatic heterocycles. The zero-order chi connectivity index (χ0) is 8.18. The Hall–Kier alpha value is -0.730. The summed E-state index contributed by atoms with van der Waals surface area (Å²) in [4.78, 5) is 10.8. The van der Waals surface area contributed by atoms with Crippen LogP contribution in [0.1, 0.15) is 25.7 Å². The van der Waals surface area contributed by atoms with Crippen molar-refractivity contribution in [2.24, 2.45) is 11.8 Å². The molecule has 3 aliphatic rings. The van der Waals surface area contributed by atoms with Crippen LogP contribution in [0.4, 0.5) is 4.79 Å². The van der Waals surface area contributed by atoms with Crippen LogP contribution in [0.15, 0.2) is 0 Å². The molecular formula is C9H12O3. The van der Waals surface area contributed by atoms with Gasteiger partial charge in [0.25, 0.3) is 0 Å². The van der Waals surface area contributed by atoms with E-state index in [1.54, 1.807) is 0 Å². The van der Waals surface area contributed by atoms with E-state index >= 15 is 0 Å². The Balaban J connectivity index is 1.88. The number of cyclic esters (lactones) is 1. The summed E-state index contributed by atoms with van der Waals surface area (Å²) >= 11 is 0. The lowest BCUT2D eigenvalue weighted by molar-refractivity contribution is 0.0107. The van der Waals surface area contributed by atoms with E-state index in [1.165, 1.54) is 19.3 Å². The van der Waals surface area contributed by atoms with Crippen LogP contribution in [-0.2, 0) is 9.47 Å². The number of rotatable bonds is 0. The largest absolute Gasteiger partial charge is 0.509 e. The van der Waals surface area contributed by atoms with Gasteiger partial charge in [0.05, 0.1) is 0 Å². The molecule has 1 saturated heterocycles. The molecule has 0 amide bonds. The molecule has 3 rings (SSSR count). The average molecular weight is 168 g/mol. The Morgan fingerprint density at radius 2 is 2.33 bits per heavy atom. The first-order chi connectivity index (χ1) is 5.78. The maximum absolute atomic E-state index is 10.8. The minimum absolute atomic E-state index is 0.194. The number of hydrogen-bond acceptors (Lipinski definition) is 3. The highest BCUT2D eigenvalue weighted by molar-refractivity contribution is 5.63. The highest BCUT2D eigenvalue weighted by Gasteiger charge is 2.57. The van der Waals surface area contributed by atoms with Crippen LogP contribution in [0.25, 0.3) is 0 Å². The molecule has 2 bridgehead atoms. The van der Waals surface area contributed by atoms with Gasteiger partial charge in [0.15, 0.2) is 5.60 Å². The molecule has 3 fully saturated rings. The van der Waals surface area contributed by atoms with Gasteiger partial charge in [0.2, 0.25) is 0 Å². The third-order valence-corrected chi connectivity index (χ3v) is 3.64. The second-order valence-corrected chi connectivity index (χ2v) is 4.29. The summed E-state index contributed by atoms with van der Waals surface area (Å²) in [5.74, 6) is 1.39. The van der Waals surface area contributed by atoms with E-state index in [4.69, 9.17) is 9.47 Å². The molecule has 66 valence electrons. The predicted molar refractivity (Wildman–Crippen MR) is 40.6 cm³/mol. The van der Waals surface area contributed by atoms with Crippen LogP contribution in [0.2, 0.25) is 0 Å². The second kappa shape index (κ2) is 1.95. The van der Waals surface area contributed by atoms with Crippen LogP contribution in [0, 0.1) is 11.8 Å². The van der Waals surface area contributed by atoms with Gasteiger partial charge >= 0.3 is 6.16 Å². The molecule has 1 heterocycles. The highest BCUT2D eigenvalue weighted by Crippen LogP contribution is 2.54. The molecule has 0 aromatic rings. The molecule has 3 nitrogen and oxygen atoms in total. The summed E-state index contributed by atoms with van der Waals surface area (Å²) in [6.07, 6.45) is 4.38. The Morgan fingerprint density at radius 3 is 2.83 bits per heavy atom. The van der Waals surface area contributed by atoms with Gasteiger partial charge in [-0.1, -0.05) is 0 Å². The Kier molecular flexibility index (Phi) is 1.10. The van der Waals surface area contributed by atoms with Crippen molar-refractivity contribution >= 4 is 6.16 Å². The van der Waals surface area contributed by atoms with Crippen LogP contribution >= 0.6 is 0 Å². The first kappa shape index (κ1) is 6.75. The van der Waals surface area contributed by atoms with Crippen molar-refractivity contribution in [1.82, 2.24) is 0 Å². The number of ether oxygens (including phenoxy) is 2. The summed E-state index contributed by atoms with van der Waals surface area (Å²) in [5, 5.41) is 0. The SMILES string of the molecule is O=C1OCC2(CC3CCC2C3)O1. The molecule has 2 saturated carbocycles. The van der Waals surface area contributed by atoms with Crippen LogP contribution < -0.4 is 0 Å². The van der Waals surface area contributed by atoms with Crippen molar-refractivity contribution in [1.29, 1.82) is 0 Å². The molecule has 3 unspecified atom stereocenters. The lowest BCUT2D eigenvalue weighted by Gasteiger charge is -2.28. The Morgan fingerprint density at radius 1 is 1.42 bits per heavy atom. The van der Waals surface area contributed by atoms with Crippen LogP contribution in [-0.4, -0.2) is 18.4 Å². The lowest BCUT2D eigenvalue weighted by atomic mass is 9.85. The van der Waals surface area contributed by atoms with Crippen LogP contribution in [0.3, 0.4) is 0 Å². The number of fused-ring (bicyclic) bond motifs is 3. The first-order valence-corrected chi connectivity index (χ1v) is 4.64. The maximum Gasteiger partial charge on any atom is 0.509 e. The van der Waals surface area contributed by atoms with E-state index in [0.717, 1.165) is 12.3 Å². The zero-order valence-corrected chi connectivity index (χ0v) is 6.91. The summed E-state index contributed by atoms with van der Waals surface area (Å²) in [7, 11) is 0. The van der Waals surface area contributed by atoms with Gasteiger partial charge in [-0.15, -0.1) is 0 Å². The predicted octanol–water partition coefficient (Wildman–Crippen LogP) is 1.71. The third kappa shape index (κ3) is 0.692. The molecule has 1 spiro atoms. The van der Waals surface area contributed by atoms with Gasteiger partial charge in [-0.25, -0.2) is 4.79 Å². The monoisotopic (exact) mass is 168 g/mol. The van der Waals surface area contributed by atoms with E-state index < -0.39 is 6.16 Å². The Labute approximate surface area is 71.0 Å². The average Bonchev–Trinajstić information content (AvgIpc) is 2.67. The topological polar surface area (TPSA) is 35.5 Å². The first-order valence-electron chi connectivity index (χ1n) is 4.64. The standard InChI is InChI=1S/C9H12O3/c10-8-11-5-9(12-8)4-6-1-2-7(9)3-6/h6-7H,1-5H2. The summed E-state index contributed by atoms with van der Waals surface area (Å²) in [6.45, 7) is 0.507. The fraction of sp³-hybridized carbons (Fsp3) is 0.889. The molecule has 0 aromatic carbocycles. The lowest BCUT2D eigenvalue weighted by Crippen LogP contribution is -2.37. The minimum atomic E-state index is -0.456. The van der Waals surface area contributed by atoms with E-state index in [1.807, 2.05) is 0 Å². The van der Waals surface area contributed by atoms with Crippen LogP contribution in [0.5, 0.6) is 0 Å². The zero-order valence-electron chi connectivity index (χ0n) is 6.91. The van der Waals surface area contributed by atoms with Gasteiger partial charge in [-0.05, 0) is 31.6 Å². The number of carbonyl (C=O) groups is 1.